The van der Waals surface area contributed by atoms with Crippen LogP contribution in [0.5, 0.6) is 0 Å². The topological polar surface area (TPSA) is 24.9 Å². The van der Waals surface area contributed by atoms with Gasteiger partial charge in [-0.1, -0.05) is 19.3 Å². The van der Waals surface area contributed by atoms with Gasteiger partial charge < -0.3 is 5.32 Å². The van der Waals surface area contributed by atoms with Crippen LogP contribution in [0.3, 0.4) is 0 Å². The van der Waals surface area contributed by atoms with Crippen LogP contribution in [0.4, 0.5) is 0 Å². The van der Waals surface area contributed by atoms with Crippen LogP contribution in [0, 0.1) is 0 Å². The van der Waals surface area contributed by atoms with E-state index in [-0.39, 0.29) is 0 Å². The van der Waals surface area contributed by atoms with Crippen molar-refractivity contribution in [3.63, 3.8) is 0 Å². The average molecular weight is 224 g/mol. The number of rotatable bonds is 4. The van der Waals surface area contributed by atoms with Crippen molar-refractivity contribution in [3.8, 4) is 0 Å². The fraction of sp³-hybridized carbons (Fsp3) is 0.750. The molecule has 84 valence electrons. The van der Waals surface area contributed by atoms with E-state index < -0.39 is 0 Å². The van der Waals surface area contributed by atoms with Gasteiger partial charge in [0.1, 0.15) is 0 Å². The molecule has 1 aliphatic rings. The lowest BCUT2D eigenvalue weighted by molar-refractivity contribution is 0.437. The van der Waals surface area contributed by atoms with Gasteiger partial charge in [-0.05, 0) is 19.9 Å². The SMILES string of the molecule is CNCCc1nc(C2CCCCC2)cs1. The van der Waals surface area contributed by atoms with Crippen LogP contribution in [-0.4, -0.2) is 18.6 Å². The lowest BCUT2D eigenvalue weighted by atomic mass is 9.87. The molecule has 0 unspecified atom stereocenters. The molecule has 1 aromatic rings. The van der Waals surface area contributed by atoms with Gasteiger partial charge in [0.25, 0.3) is 0 Å². The van der Waals surface area contributed by atoms with Gasteiger partial charge in [0.05, 0.1) is 10.7 Å². The zero-order chi connectivity index (χ0) is 10.5. The summed E-state index contributed by atoms with van der Waals surface area (Å²) >= 11 is 1.83. The third-order valence-electron chi connectivity index (χ3n) is 3.18. The zero-order valence-electron chi connectivity index (χ0n) is 9.46. The minimum Gasteiger partial charge on any atom is -0.319 e. The number of hydrogen-bond acceptors (Lipinski definition) is 3. The number of aromatic nitrogens is 1. The molecule has 2 nitrogen and oxygen atoms in total. The highest BCUT2D eigenvalue weighted by molar-refractivity contribution is 7.09. The van der Waals surface area contributed by atoms with Crippen molar-refractivity contribution in [3.05, 3.63) is 16.1 Å². The van der Waals surface area contributed by atoms with Crippen LogP contribution in [-0.2, 0) is 6.42 Å². The molecular weight excluding hydrogens is 204 g/mol. The molecule has 2 rings (SSSR count). The van der Waals surface area contributed by atoms with Crippen LogP contribution in [0.15, 0.2) is 5.38 Å². The second-order valence-electron chi connectivity index (χ2n) is 4.35. The Balaban J connectivity index is 1.93. The molecule has 0 bridgehead atoms. The lowest BCUT2D eigenvalue weighted by Crippen LogP contribution is -2.10. The zero-order valence-corrected chi connectivity index (χ0v) is 10.3. The quantitative estimate of drug-likeness (QED) is 0.850. The highest BCUT2D eigenvalue weighted by Gasteiger charge is 2.17. The van der Waals surface area contributed by atoms with E-state index in [4.69, 9.17) is 4.98 Å². The summed E-state index contributed by atoms with van der Waals surface area (Å²) in [5.74, 6) is 0.762. The highest BCUT2D eigenvalue weighted by atomic mass is 32.1. The van der Waals surface area contributed by atoms with Gasteiger partial charge in [-0.25, -0.2) is 4.98 Å². The van der Waals surface area contributed by atoms with Crippen LogP contribution in [0.1, 0.15) is 48.7 Å². The third-order valence-corrected chi connectivity index (χ3v) is 4.11. The molecule has 0 saturated heterocycles. The van der Waals surface area contributed by atoms with Crippen molar-refractivity contribution in [1.82, 2.24) is 10.3 Å². The van der Waals surface area contributed by atoms with E-state index in [0.717, 1.165) is 18.9 Å². The molecule has 0 spiro atoms. The van der Waals surface area contributed by atoms with Gasteiger partial charge in [-0.3, -0.25) is 0 Å². The van der Waals surface area contributed by atoms with E-state index in [1.165, 1.54) is 42.8 Å². The van der Waals surface area contributed by atoms with Crippen LogP contribution in [0.2, 0.25) is 0 Å². The molecule has 1 aromatic heterocycles. The Hall–Kier alpha value is -0.410. The Morgan fingerprint density at radius 2 is 2.20 bits per heavy atom. The van der Waals surface area contributed by atoms with Crippen molar-refractivity contribution in [1.29, 1.82) is 0 Å². The molecule has 1 saturated carbocycles. The van der Waals surface area contributed by atoms with Crippen molar-refractivity contribution in [2.24, 2.45) is 0 Å². The molecule has 1 heterocycles. The summed E-state index contributed by atoms with van der Waals surface area (Å²) in [4.78, 5) is 4.75. The summed E-state index contributed by atoms with van der Waals surface area (Å²) < 4.78 is 0. The van der Waals surface area contributed by atoms with Gasteiger partial charge in [-0.15, -0.1) is 11.3 Å². The first-order chi connectivity index (χ1) is 7.40. The summed E-state index contributed by atoms with van der Waals surface area (Å²) in [6, 6.07) is 0. The Bertz CT molecular complexity index is 290. The number of likely N-dealkylation sites (N-methyl/N-ethyl adjacent to an activating group) is 1. The minimum atomic E-state index is 0.762. The monoisotopic (exact) mass is 224 g/mol. The largest absolute Gasteiger partial charge is 0.319 e. The van der Waals surface area contributed by atoms with E-state index in [2.05, 4.69) is 10.7 Å². The van der Waals surface area contributed by atoms with Crippen molar-refractivity contribution in [2.75, 3.05) is 13.6 Å². The number of nitrogens with zero attached hydrogens (tertiary/aromatic N) is 1. The van der Waals surface area contributed by atoms with Crippen molar-refractivity contribution < 1.29 is 0 Å². The molecule has 1 aliphatic carbocycles. The minimum absolute atomic E-state index is 0.762. The van der Waals surface area contributed by atoms with E-state index in [1.807, 2.05) is 18.4 Å². The summed E-state index contributed by atoms with van der Waals surface area (Å²) in [6.07, 6.45) is 8.01. The van der Waals surface area contributed by atoms with Crippen molar-refractivity contribution >= 4 is 11.3 Å². The Kier molecular flexibility index (Phi) is 4.15. The van der Waals surface area contributed by atoms with E-state index in [1.54, 1.807) is 0 Å². The third kappa shape index (κ3) is 3.02. The van der Waals surface area contributed by atoms with Gasteiger partial charge in [0.15, 0.2) is 0 Å². The summed E-state index contributed by atoms with van der Waals surface area (Å²) in [5, 5.41) is 6.75. The summed E-state index contributed by atoms with van der Waals surface area (Å²) in [6.45, 7) is 1.04. The smallest absolute Gasteiger partial charge is 0.0941 e. The highest BCUT2D eigenvalue weighted by Crippen LogP contribution is 2.32. The van der Waals surface area contributed by atoms with E-state index in [9.17, 15) is 0 Å². The van der Waals surface area contributed by atoms with Gasteiger partial charge in [0, 0.05) is 24.3 Å². The maximum absolute atomic E-state index is 4.75. The first-order valence-corrected chi connectivity index (χ1v) is 6.87. The second kappa shape index (κ2) is 5.61. The number of thiazole rings is 1. The molecule has 0 aliphatic heterocycles. The molecule has 0 amide bonds. The average Bonchev–Trinajstić information content (AvgIpc) is 2.76. The molecule has 0 radical (unpaired) electrons. The van der Waals surface area contributed by atoms with Crippen molar-refractivity contribution in [2.45, 2.75) is 44.4 Å². The molecule has 15 heavy (non-hydrogen) atoms. The molecule has 1 N–H and O–H groups in total. The Labute approximate surface area is 96.1 Å². The van der Waals surface area contributed by atoms with Gasteiger partial charge >= 0.3 is 0 Å². The Morgan fingerprint density at radius 3 is 2.93 bits per heavy atom. The Morgan fingerprint density at radius 1 is 1.40 bits per heavy atom. The van der Waals surface area contributed by atoms with Crippen LogP contribution in [0.25, 0.3) is 0 Å². The fourth-order valence-corrected chi connectivity index (χ4v) is 3.14. The predicted octanol–water partition coefficient (Wildman–Crippen LogP) is 2.95. The predicted molar refractivity (Wildman–Crippen MR) is 65.6 cm³/mol. The summed E-state index contributed by atoms with van der Waals surface area (Å²) in [5.41, 5.74) is 1.37. The first kappa shape index (κ1) is 11.1. The second-order valence-corrected chi connectivity index (χ2v) is 5.30. The van der Waals surface area contributed by atoms with Crippen LogP contribution >= 0.6 is 11.3 Å². The van der Waals surface area contributed by atoms with E-state index >= 15 is 0 Å². The normalized spacial score (nSPS) is 18.2. The molecule has 3 heteroatoms. The first-order valence-electron chi connectivity index (χ1n) is 5.99. The number of hydrogen-bond donors (Lipinski definition) is 1. The molecule has 0 aromatic carbocycles. The maximum Gasteiger partial charge on any atom is 0.0941 e. The molecule has 1 fully saturated rings. The summed E-state index contributed by atoms with van der Waals surface area (Å²) in [7, 11) is 2.00. The van der Waals surface area contributed by atoms with Gasteiger partial charge in [0.2, 0.25) is 0 Å². The standard InChI is InChI=1S/C12H20N2S/c1-13-8-7-12-14-11(9-15-12)10-5-3-2-4-6-10/h9-10,13H,2-8H2,1H3. The van der Waals surface area contributed by atoms with E-state index in [0.29, 0.717) is 0 Å². The molecular formula is C12H20N2S. The van der Waals surface area contributed by atoms with Gasteiger partial charge in [-0.2, -0.15) is 0 Å². The molecule has 0 atom stereocenters. The number of nitrogens with one attached hydrogen (secondary N) is 1. The fourth-order valence-electron chi connectivity index (χ4n) is 2.26. The maximum atomic E-state index is 4.75. The lowest BCUT2D eigenvalue weighted by Gasteiger charge is -2.19. The van der Waals surface area contributed by atoms with Crippen LogP contribution < -0.4 is 5.32 Å².